The maximum atomic E-state index is 14.2. The van der Waals surface area contributed by atoms with Crippen molar-refractivity contribution in [1.82, 2.24) is 15.1 Å². The molecule has 2 fully saturated rings. The van der Waals surface area contributed by atoms with Crippen LogP contribution in [0, 0.1) is 17.8 Å². The molecular formula is C27H39N3O7. The van der Waals surface area contributed by atoms with Crippen LogP contribution in [0.3, 0.4) is 0 Å². The van der Waals surface area contributed by atoms with Gasteiger partial charge in [-0.1, -0.05) is 38.2 Å². The molecule has 1 spiro atoms. The van der Waals surface area contributed by atoms with Crippen LogP contribution in [0.1, 0.15) is 47.5 Å². The Morgan fingerprint density at radius 1 is 1.14 bits per heavy atom. The van der Waals surface area contributed by atoms with Gasteiger partial charge in [0.05, 0.1) is 31.2 Å². The quantitative estimate of drug-likeness (QED) is 0.417. The number of allylic oxidation sites excluding steroid dienone is 1. The molecule has 4 rings (SSSR count). The molecular weight excluding hydrogens is 478 g/mol. The summed E-state index contributed by atoms with van der Waals surface area (Å²) in [6.07, 6.45) is 6.39. The maximum absolute atomic E-state index is 14.2. The van der Waals surface area contributed by atoms with Gasteiger partial charge < -0.3 is 29.7 Å². The number of rotatable bonds is 4. The Balaban J connectivity index is 1.85. The van der Waals surface area contributed by atoms with E-state index in [0.717, 1.165) is 0 Å². The summed E-state index contributed by atoms with van der Waals surface area (Å²) in [5, 5.41) is 13.0. The fourth-order valence-electron chi connectivity index (χ4n) is 6.06. The minimum atomic E-state index is -1.39. The molecule has 4 aliphatic heterocycles. The molecule has 37 heavy (non-hydrogen) atoms. The van der Waals surface area contributed by atoms with Crippen molar-refractivity contribution >= 4 is 23.7 Å². The topological polar surface area (TPSA) is 125 Å². The Bertz CT molecular complexity index is 992. The Morgan fingerprint density at radius 2 is 1.86 bits per heavy atom. The molecule has 0 bridgehead atoms. The molecule has 7 atom stereocenters. The fourth-order valence-corrected chi connectivity index (χ4v) is 6.06. The van der Waals surface area contributed by atoms with E-state index in [4.69, 9.17) is 9.47 Å². The average molecular weight is 518 g/mol. The predicted octanol–water partition coefficient (Wildman–Crippen LogP) is 0.789. The van der Waals surface area contributed by atoms with Gasteiger partial charge in [0, 0.05) is 19.0 Å². The summed E-state index contributed by atoms with van der Waals surface area (Å²) in [5.74, 6) is -3.54. The molecule has 0 aliphatic carbocycles. The number of hydrogen-bond acceptors (Lipinski definition) is 7. The lowest BCUT2D eigenvalue weighted by Crippen LogP contribution is -2.59. The monoisotopic (exact) mass is 517 g/mol. The van der Waals surface area contributed by atoms with Gasteiger partial charge in [0.1, 0.15) is 23.7 Å². The fraction of sp³-hybridized carbons (Fsp3) is 0.704. The van der Waals surface area contributed by atoms with Crippen LogP contribution in [-0.4, -0.2) is 94.2 Å². The van der Waals surface area contributed by atoms with Gasteiger partial charge in [0.15, 0.2) is 0 Å². The van der Waals surface area contributed by atoms with Gasteiger partial charge in [-0.3, -0.25) is 19.2 Å². The highest BCUT2D eigenvalue weighted by Gasteiger charge is 2.72. The molecule has 204 valence electrons. The first kappa shape index (κ1) is 27.3. The SMILES string of the molecule is CC(C)[C@H](CO)N1C(=O)[C@@H]2[C@H]3C(=O)O[C@H](C)CNC(=O)CC/C=C\[C@H]3O[C@@]23C=CCN(C(C)C)C(=O)[C@@H]13. The molecule has 10 nitrogen and oxygen atoms in total. The van der Waals surface area contributed by atoms with E-state index < -0.39 is 53.6 Å². The number of esters is 1. The van der Waals surface area contributed by atoms with Crippen molar-refractivity contribution in [3.05, 3.63) is 24.3 Å². The van der Waals surface area contributed by atoms with Crippen molar-refractivity contribution in [2.75, 3.05) is 19.7 Å². The molecule has 0 aromatic carbocycles. The third-order valence-corrected chi connectivity index (χ3v) is 7.94. The lowest BCUT2D eigenvalue weighted by atomic mass is 9.78. The number of ether oxygens (including phenoxy) is 2. The molecule has 2 N–H and O–H groups in total. The first-order valence-electron chi connectivity index (χ1n) is 13.3. The summed E-state index contributed by atoms with van der Waals surface area (Å²) in [5.41, 5.74) is -1.39. The number of carbonyl (C=O) groups excluding carboxylic acids is 4. The second-order valence-corrected chi connectivity index (χ2v) is 11.1. The summed E-state index contributed by atoms with van der Waals surface area (Å²) >= 11 is 0. The van der Waals surface area contributed by atoms with Crippen LogP contribution in [0.25, 0.3) is 0 Å². The largest absolute Gasteiger partial charge is 0.460 e. The predicted molar refractivity (Wildman–Crippen MR) is 134 cm³/mol. The van der Waals surface area contributed by atoms with E-state index in [-0.39, 0.29) is 43.3 Å². The Kier molecular flexibility index (Phi) is 7.80. The third kappa shape index (κ3) is 4.69. The molecule has 10 heteroatoms. The van der Waals surface area contributed by atoms with Crippen molar-refractivity contribution in [3.8, 4) is 0 Å². The van der Waals surface area contributed by atoms with Crippen LogP contribution in [0.4, 0.5) is 0 Å². The van der Waals surface area contributed by atoms with Crippen molar-refractivity contribution in [1.29, 1.82) is 0 Å². The number of fused-ring (bicyclic) bond motifs is 2. The summed E-state index contributed by atoms with van der Waals surface area (Å²) in [6, 6.07) is -1.78. The molecule has 0 aromatic rings. The normalized spacial score (nSPS) is 36.3. The standard InChI is InChI=1S/C27H39N3O7/c1-15(2)18(14-31)30-23-25(34)29(16(3)4)12-8-11-27(23)22(24(30)33)21-19(37-27)9-6-7-10-20(32)28-13-17(5)36-26(21)35/h6,8-9,11,15-19,21-23,31H,7,10,12-14H2,1-5H3,(H,28,32)/b9-6-/t17-,18+,19-,21+,22+,23-,27+/m1/s1. The van der Waals surface area contributed by atoms with Gasteiger partial charge in [-0.15, -0.1) is 0 Å². The maximum Gasteiger partial charge on any atom is 0.313 e. The molecule has 2 saturated heterocycles. The number of hydrogen-bond donors (Lipinski definition) is 2. The van der Waals surface area contributed by atoms with Crippen molar-refractivity contribution in [2.45, 2.75) is 83.4 Å². The van der Waals surface area contributed by atoms with Crippen LogP contribution < -0.4 is 5.32 Å². The second-order valence-electron chi connectivity index (χ2n) is 11.1. The minimum absolute atomic E-state index is 0.125. The lowest BCUT2D eigenvalue weighted by Gasteiger charge is -2.40. The second kappa shape index (κ2) is 10.6. The molecule has 0 aromatic heterocycles. The highest BCUT2D eigenvalue weighted by Crippen LogP contribution is 2.54. The summed E-state index contributed by atoms with van der Waals surface area (Å²) < 4.78 is 12.3. The van der Waals surface area contributed by atoms with Crippen molar-refractivity contribution in [2.24, 2.45) is 17.8 Å². The van der Waals surface area contributed by atoms with E-state index in [9.17, 15) is 24.3 Å². The van der Waals surface area contributed by atoms with Crippen LogP contribution in [0.15, 0.2) is 24.3 Å². The van der Waals surface area contributed by atoms with Crippen molar-refractivity contribution in [3.63, 3.8) is 0 Å². The van der Waals surface area contributed by atoms with E-state index >= 15 is 0 Å². The molecule has 0 saturated carbocycles. The summed E-state index contributed by atoms with van der Waals surface area (Å²) in [7, 11) is 0. The molecule has 4 heterocycles. The average Bonchev–Trinajstić information content (AvgIpc) is 3.20. The molecule has 0 unspecified atom stereocenters. The highest BCUT2D eigenvalue weighted by molar-refractivity contribution is 5.99. The number of likely N-dealkylation sites (tertiary alicyclic amines) is 1. The number of nitrogens with zero attached hydrogens (tertiary/aromatic N) is 2. The van der Waals surface area contributed by atoms with Gasteiger partial charge in [-0.2, -0.15) is 0 Å². The number of aliphatic hydroxyl groups excluding tert-OH is 1. The van der Waals surface area contributed by atoms with E-state index in [0.29, 0.717) is 13.0 Å². The van der Waals surface area contributed by atoms with Crippen LogP contribution in [0.5, 0.6) is 0 Å². The first-order valence-corrected chi connectivity index (χ1v) is 13.3. The molecule has 4 aliphatic rings. The van der Waals surface area contributed by atoms with E-state index in [2.05, 4.69) is 5.32 Å². The van der Waals surface area contributed by atoms with Gasteiger partial charge in [0.2, 0.25) is 17.7 Å². The van der Waals surface area contributed by atoms with Crippen molar-refractivity contribution < 1.29 is 33.8 Å². The Morgan fingerprint density at radius 3 is 2.51 bits per heavy atom. The number of carbonyl (C=O) groups is 4. The van der Waals surface area contributed by atoms with E-state index in [1.54, 1.807) is 30.1 Å². The number of aliphatic hydroxyl groups is 1. The number of cyclic esters (lactones) is 1. The lowest BCUT2D eigenvalue weighted by molar-refractivity contribution is -0.160. The van der Waals surface area contributed by atoms with Gasteiger partial charge in [0.25, 0.3) is 0 Å². The van der Waals surface area contributed by atoms with Gasteiger partial charge >= 0.3 is 5.97 Å². The number of nitrogens with one attached hydrogen (secondary N) is 1. The zero-order chi connectivity index (χ0) is 27.1. The van der Waals surface area contributed by atoms with Crippen LogP contribution >= 0.6 is 0 Å². The first-order chi connectivity index (χ1) is 17.5. The van der Waals surface area contributed by atoms with Gasteiger partial charge in [-0.25, -0.2) is 0 Å². The highest BCUT2D eigenvalue weighted by atomic mass is 16.6. The Labute approximate surface area is 218 Å². The third-order valence-electron chi connectivity index (χ3n) is 7.94. The Hall–Kier alpha value is -2.72. The molecule has 3 amide bonds. The van der Waals surface area contributed by atoms with Crippen LogP contribution in [-0.2, 0) is 28.7 Å². The van der Waals surface area contributed by atoms with E-state index in [1.165, 1.54) is 4.90 Å². The molecule has 0 radical (unpaired) electrons. The zero-order valence-corrected chi connectivity index (χ0v) is 22.3. The van der Waals surface area contributed by atoms with Crippen LogP contribution in [0.2, 0.25) is 0 Å². The zero-order valence-electron chi connectivity index (χ0n) is 22.3. The number of amides is 3. The summed E-state index contributed by atoms with van der Waals surface area (Å²) in [6.45, 7) is 9.46. The summed E-state index contributed by atoms with van der Waals surface area (Å²) in [4.78, 5) is 57.1. The minimum Gasteiger partial charge on any atom is -0.460 e. The smallest absolute Gasteiger partial charge is 0.313 e. The van der Waals surface area contributed by atoms with E-state index in [1.807, 2.05) is 33.8 Å². The van der Waals surface area contributed by atoms with Gasteiger partial charge in [-0.05, 0) is 33.1 Å².